The van der Waals surface area contributed by atoms with E-state index in [1.165, 1.54) is 0 Å². The van der Waals surface area contributed by atoms with Gasteiger partial charge in [0, 0.05) is 11.9 Å². The highest BCUT2D eigenvalue weighted by molar-refractivity contribution is 5.89. The number of anilines is 2. The predicted molar refractivity (Wildman–Crippen MR) is 80.4 cm³/mol. The number of para-hydroxylation sites is 1. The normalized spacial score (nSPS) is 22.9. The molecule has 0 saturated heterocycles. The van der Waals surface area contributed by atoms with Crippen LogP contribution >= 0.6 is 0 Å². The van der Waals surface area contributed by atoms with E-state index in [-0.39, 0.29) is 12.1 Å². The Balaban J connectivity index is 1.77. The van der Waals surface area contributed by atoms with Crippen molar-refractivity contribution in [3.8, 4) is 0 Å². The van der Waals surface area contributed by atoms with Crippen molar-refractivity contribution in [1.29, 1.82) is 0 Å². The first kappa shape index (κ1) is 13.1. The van der Waals surface area contributed by atoms with Crippen molar-refractivity contribution in [1.82, 2.24) is 9.97 Å². The van der Waals surface area contributed by atoms with Gasteiger partial charge in [-0.05, 0) is 37.3 Å². The van der Waals surface area contributed by atoms with Gasteiger partial charge in [-0.25, -0.2) is 4.98 Å². The number of aromatic nitrogens is 2. The Bertz CT molecular complexity index is 601. The number of nitrogen functional groups attached to an aromatic ring is 1. The molecule has 106 valence electrons. The number of aliphatic hydroxyl groups excluding tert-OH is 1. The predicted octanol–water partition coefficient (Wildman–Crippen LogP) is 2.17. The molecule has 1 aromatic heterocycles. The number of nitrogens with two attached hydrogens (primary N) is 1. The summed E-state index contributed by atoms with van der Waals surface area (Å²) in [6.45, 7) is 0.817. The second kappa shape index (κ2) is 5.63. The highest BCUT2D eigenvalue weighted by Crippen LogP contribution is 2.26. The van der Waals surface area contributed by atoms with Gasteiger partial charge in [0.15, 0.2) is 0 Å². The molecule has 2 atom stereocenters. The zero-order chi connectivity index (χ0) is 13.9. The van der Waals surface area contributed by atoms with Gasteiger partial charge in [0.25, 0.3) is 0 Å². The van der Waals surface area contributed by atoms with Crippen molar-refractivity contribution in [3.05, 3.63) is 24.3 Å². The molecule has 1 aromatic carbocycles. The zero-order valence-electron chi connectivity index (χ0n) is 11.4. The highest BCUT2D eigenvalue weighted by Gasteiger charge is 2.20. The van der Waals surface area contributed by atoms with Crippen LogP contribution in [0.2, 0.25) is 0 Å². The lowest BCUT2D eigenvalue weighted by molar-refractivity contribution is 0.104. The van der Waals surface area contributed by atoms with E-state index in [1.807, 2.05) is 24.3 Å². The standard InChI is InChI=1S/C15H20N4O/c16-15-18-13-7-2-1-6-12(13)14(19-15)17-9-10-4-3-5-11(20)8-10/h1-2,6-7,10-11,20H,3-5,8-9H2,(H3,16,17,18,19). The molecule has 1 aliphatic rings. The topological polar surface area (TPSA) is 84.1 Å². The van der Waals surface area contributed by atoms with Crippen LogP contribution in [0.1, 0.15) is 25.7 Å². The van der Waals surface area contributed by atoms with Crippen molar-refractivity contribution >= 4 is 22.7 Å². The molecule has 1 heterocycles. The van der Waals surface area contributed by atoms with Crippen LogP contribution in [0, 0.1) is 5.92 Å². The molecule has 1 fully saturated rings. The number of fused-ring (bicyclic) bond motifs is 1. The van der Waals surface area contributed by atoms with Crippen LogP contribution in [0.4, 0.5) is 11.8 Å². The maximum absolute atomic E-state index is 9.72. The van der Waals surface area contributed by atoms with E-state index in [9.17, 15) is 5.11 Å². The van der Waals surface area contributed by atoms with Crippen molar-refractivity contribution in [3.63, 3.8) is 0 Å². The van der Waals surface area contributed by atoms with Crippen LogP contribution in [0.25, 0.3) is 10.9 Å². The van der Waals surface area contributed by atoms with Gasteiger partial charge >= 0.3 is 0 Å². The average molecular weight is 272 g/mol. The Kier molecular flexibility index (Phi) is 3.69. The van der Waals surface area contributed by atoms with E-state index in [4.69, 9.17) is 5.73 Å². The molecule has 0 spiro atoms. The number of nitrogens with one attached hydrogen (secondary N) is 1. The van der Waals surface area contributed by atoms with Gasteiger partial charge in [-0.3, -0.25) is 0 Å². The summed E-state index contributed by atoms with van der Waals surface area (Å²) in [5.41, 5.74) is 6.61. The maximum atomic E-state index is 9.72. The first-order valence-corrected chi connectivity index (χ1v) is 7.16. The smallest absolute Gasteiger partial charge is 0.222 e. The first-order valence-electron chi connectivity index (χ1n) is 7.16. The quantitative estimate of drug-likeness (QED) is 0.797. The number of aliphatic hydroxyl groups is 1. The lowest BCUT2D eigenvalue weighted by Crippen LogP contribution is -2.25. The van der Waals surface area contributed by atoms with E-state index in [2.05, 4.69) is 15.3 Å². The molecule has 5 nitrogen and oxygen atoms in total. The molecule has 5 heteroatoms. The Morgan fingerprint density at radius 3 is 2.95 bits per heavy atom. The summed E-state index contributed by atoms with van der Waals surface area (Å²) >= 11 is 0. The molecule has 0 bridgehead atoms. The van der Waals surface area contributed by atoms with Gasteiger partial charge in [-0.2, -0.15) is 4.98 Å². The molecule has 20 heavy (non-hydrogen) atoms. The number of rotatable bonds is 3. The Morgan fingerprint density at radius 2 is 2.10 bits per heavy atom. The van der Waals surface area contributed by atoms with E-state index >= 15 is 0 Å². The minimum atomic E-state index is -0.150. The lowest BCUT2D eigenvalue weighted by atomic mass is 9.87. The Hall–Kier alpha value is -1.88. The van der Waals surface area contributed by atoms with E-state index in [0.717, 1.165) is 48.9 Å². The molecule has 1 saturated carbocycles. The lowest BCUT2D eigenvalue weighted by Gasteiger charge is -2.26. The second-order valence-corrected chi connectivity index (χ2v) is 5.51. The molecule has 1 aliphatic carbocycles. The molecule has 0 amide bonds. The zero-order valence-corrected chi connectivity index (χ0v) is 11.4. The summed E-state index contributed by atoms with van der Waals surface area (Å²) in [5.74, 6) is 1.57. The summed E-state index contributed by atoms with van der Waals surface area (Å²) in [6.07, 6.45) is 3.90. The van der Waals surface area contributed by atoms with Crippen LogP contribution in [-0.4, -0.2) is 27.7 Å². The third kappa shape index (κ3) is 2.82. The Labute approximate surface area is 118 Å². The minimum Gasteiger partial charge on any atom is -0.393 e. The first-order chi connectivity index (χ1) is 9.72. The van der Waals surface area contributed by atoms with Gasteiger partial charge in [0.05, 0.1) is 11.6 Å². The van der Waals surface area contributed by atoms with E-state index < -0.39 is 0 Å². The average Bonchev–Trinajstić information content (AvgIpc) is 2.44. The van der Waals surface area contributed by atoms with Crippen LogP contribution in [0.5, 0.6) is 0 Å². The molecule has 2 unspecified atom stereocenters. The molecule has 3 rings (SSSR count). The van der Waals surface area contributed by atoms with Gasteiger partial charge < -0.3 is 16.2 Å². The van der Waals surface area contributed by atoms with Crippen molar-refractivity contribution in [2.45, 2.75) is 31.8 Å². The summed E-state index contributed by atoms with van der Waals surface area (Å²) in [7, 11) is 0. The summed E-state index contributed by atoms with van der Waals surface area (Å²) in [6, 6.07) is 7.84. The molecule has 0 radical (unpaired) electrons. The van der Waals surface area contributed by atoms with Crippen LogP contribution < -0.4 is 11.1 Å². The summed E-state index contributed by atoms with van der Waals surface area (Å²) in [4.78, 5) is 8.53. The third-order valence-corrected chi connectivity index (χ3v) is 3.93. The van der Waals surface area contributed by atoms with Crippen molar-refractivity contribution in [2.24, 2.45) is 5.92 Å². The fraction of sp³-hybridized carbons (Fsp3) is 0.467. The highest BCUT2D eigenvalue weighted by atomic mass is 16.3. The largest absolute Gasteiger partial charge is 0.393 e. The third-order valence-electron chi connectivity index (χ3n) is 3.93. The van der Waals surface area contributed by atoms with Gasteiger partial charge in [0.1, 0.15) is 5.82 Å². The number of nitrogens with zero attached hydrogens (tertiary/aromatic N) is 2. The van der Waals surface area contributed by atoms with Crippen molar-refractivity contribution < 1.29 is 5.11 Å². The maximum Gasteiger partial charge on any atom is 0.222 e. The molecule has 0 aliphatic heterocycles. The van der Waals surface area contributed by atoms with Crippen LogP contribution in [0.15, 0.2) is 24.3 Å². The van der Waals surface area contributed by atoms with Crippen LogP contribution in [0.3, 0.4) is 0 Å². The number of hydrogen-bond acceptors (Lipinski definition) is 5. The van der Waals surface area contributed by atoms with Gasteiger partial charge in [0.2, 0.25) is 5.95 Å². The van der Waals surface area contributed by atoms with Crippen molar-refractivity contribution in [2.75, 3.05) is 17.6 Å². The SMILES string of the molecule is Nc1nc(NCC2CCCC(O)C2)c2ccccc2n1. The number of hydrogen-bond donors (Lipinski definition) is 3. The van der Waals surface area contributed by atoms with Crippen LogP contribution in [-0.2, 0) is 0 Å². The summed E-state index contributed by atoms with van der Waals surface area (Å²) < 4.78 is 0. The van der Waals surface area contributed by atoms with Gasteiger partial charge in [-0.1, -0.05) is 18.6 Å². The molecule has 2 aromatic rings. The summed E-state index contributed by atoms with van der Waals surface area (Å²) in [5, 5.41) is 14.1. The Morgan fingerprint density at radius 1 is 1.25 bits per heavy atom. The fourth-order valence-corrected chi connectivity index (χ4v) is 2.92. The monoisotopic (exact) mass is 272 g/mol. The molecular formula is C15H20N4O. The molecular weight excluding hydrogens is 252 g/mol. The fourth-order valence-electron chi connectivity index (χ4n) is 2.92. The second-order valence-electron chi connectivity index (χ2n) is 5.51. The minimum absolute atomic E-state index is 0.150. The van der Waals surface area contributed by atoms with E-state index in [1.54, 1.807) is 0 Å². The van der Waals surface area contributed by atoms with E-state index in [0.29, 0.717) is 5.92 Å². The molecule has 4 N–H and O–H groups in total. The number of benzene rings is 1. The van der Waals surface area contributed by atoms with Gasteiger partial charge in [-0.15, -0.1) is 0 Å².